The van der Waals surface area contributed by atoms with Gasteiger partial charge in [0, 0.05) is 6.04 Å². The van der Waals surface area contributed by atoms with E-state index in [2.05, 4.69) is 0 Å². The Hall–Kier alpha value is -0.280. The fourth-order valence-corrected chi connectivity index (χ4v) is 1.70. The third-order valence-corrected chi connectivity index (χ3v) is 2.41. The molecule has 2 N–H and O–H groups in total. The van der Waals surface area contributed by atoms with Gasteiger partial charge in [0.05, 0.1) is 12.5 Å². The summed E-state index contributed by atoms with van der Waals surface area (Å²) in [7, 11) is 0. The summed E-state index contributed by atoms with van der Waals surface area (Å²) in [5, 5.41) is 0. The summed E-state index contributed by atoms with van der Waals surface area (Å²) in [6.07, 6.45) is 4.12. The molecule has 0 saturated heterocycles. The van der Waals surface area contributed by atoms with Crippen LogP contribution in [0.5, 0.6) is 0 Å². The number of halogens is 1. The predicted molar refractivity (Wildman–Crippen MR) is 53.8 cm³/mol. The maximum absolute atomic E-state index is 11.3. The quantitative estimate of drug-likeness (QED) is 0.699. The molecule has 0 spiro atoms. The zero-order valence-electron chi connectivity index (χ0n) is 7.99. The second-order valence-electron chi connectivity index (χ2n) is 3.31. The first kappa shape index (κ1) is 12.7. The molecule has 0 aliphatic heterocycles. The molecule has 1 saturated carbocycles. The van der Waals surface area contributed by atoms with Crippen LogP contribution in [0.1, 0.15) is 32.6 Å². The van der Waals surface area contributed by atoms with Gasteiger partial charge in [-0.1, -0.05) is 12.8 Å². The summed E-state index contributed by atoms with van der Waals surface area (Å²) in [6.45, 7) is 2.29. The zero-order chi connectivity index (χ0) is 8.97. The molecule has 0 unspecified atom stereocenters. The molecule has 78 valence electrons. The van der Waals surface area contributed by atoms with E-state index in [0.717, 1.165) is 25.7 Å². The summed E-state index contributed by atoms with van der Waals surface area (Å²) < 4.78 is 4.93. The molecule has 3 nitrogen and oxygen atoms in total. The van der Waals surface area contributed by atoms with Crippen LogP contribution in [0.25, 0.3) is 0 Å². The monoisotopic (exact) mass is 207 g/mol. The van der Waals surface area contributed by atoms with Crippen molar-refractivity contribution in [3.8, 4) is 0 Å². The van der Waals surface area contributed by atoms with Gasteiger partial charge in [0.15, 0.2) is 0 Å². The van der Waals surface area contributed by atoms with Gasteiger partial charge < -0.3 is 10.5 Å². The Labute approximate surface area is 85.4 Å². The summed E-state index contributed by atoms with van der Waals surface area (Å²) in [5.41, 5.74) is 5.81. The molecule has 1 rings (SSSR count). The maximum atomic E-state index is 11.3. The number of rotatable bonds is 2. The lowest BCUT2D eigenvalue weighted by Gasteiger charge is -2.26. The molecular weight excluding hydrogens is 190 g/mol. The van der Waals surface area contributed by atoms with E-state index >= 15 is 0 Å². The largest absolute Gasteiger partial charge is 0.466 e. The topological polar surface area (TPSA) is 52.3 Å². The van der Waals surface area contributed by atoms with E-state index in [0.29, 0.717) is 6.61 Å². The molecule has 4 heteroatoms. The van der Waals surface area contributed by atoms with Crippen LogP contribution < -0.4 is 5.73 Å². The Morgan fingerprint density at radius 3 is 2.62 bits per heavy atom. The number of ether oxygens (including phenoxy) is 1. The number of hydrogen-bond donors (Lipinski definition) is 1. The van der Waals surface area contributed by atoms with Gasteiger partial charge in [0.1, 0.15) is 0 Å². The van der Waals surface area contributed by atoms with Crippen molar-refractivity contribution >= 4 is 18.4 Å². The van der Waals surface area contributed by atoms with Gasteiger partial charge in [-0.25, -0.2) is 0 Å². The molecule has 1 fully saturated rings. The summed E-state index contributed by atoms with van der Waals surface area (Å²) in [6, 6.07) is 0.0257. The van der Waals surface area contributed by atoms with Gasteiger partial charge in [-0.3, -0.25) is 4.79 Å². The lowest BCUT2D eigenvalue weighted by molar-refractivity contribution is -0.149. The second kappa shape index (κ2) is 6.22. The highest BCUT2D eigenvalue weighted by molar-refractivity contribution is 5.85. The number of carbonyl (C=O) groups is 1. The van der Waals surface area contributed by atoms with E-state index in [-0.39, 0.29) is 30.3 Å². The summed E-state index contributed by atoms with van der Waals surface area (Å²) in [4.78, 5) is 11.3. The maximum Gasteiger partial charge on any atom is 0.310 e. The average molecular weight is 208 g/mol. The average Bonchev–Trinajstić information content (AvgIpc) is 2.05. The fourth-order valence-electron chi connectivity index (χ4n) is 1.70. The van der Waals surface area contributed by atoms with E-state index in [1.54, 1.807) is 0 Å². The van der Waals surface area contributed by atoms with Crippen molar-refractivity contribution in [1.82, 2.24) is 0 Å². The van der Waals surface area contributed by atoms with Gasteiger partial charge in [-0.05, 0) is 19.8 Å². The first-order valence-electron chi connectivity index (χ1n) is 4.68. The molecule has 13 heavy (non-hydrogen) atoms. The molecule has 1 aliphatic rings. The number of nitrogens with two attached hydrogens (primary N) is 1. The van der Waals surface area contributed by atoms with Crippen LogP contribution in [0.3, 0.4) is 0 Å². The highest BCUT2D eigenvalue weighted by Gasteiger charge is 2.28. The Morgan fingerprint density at radius 1 is 1.46 bits per heavy atom. The summed E-state index contributed by atoms with van der Waals surface area (Å²) in [5.74, 6) is -0.150. The standard InChI is InChI=1S/C9H17NO2.ClH/c1-2-12-9(11)7-5-3-4-6-8(7)10;/h7-8H,2-6,10H2,1H3;1H/t7-,8-;/m1./s1. The van der Waals surface area contributed by atoms with Gasteiger partial charge in [0.25, 0.3) is 0 Å². The minimum atomic E-state index is -0.107. The van der Waals surface area contributed by atoms with E-state index in [9.17, 15) is 4.79 Å². The molecule has 0 aromatic carbocycles. The van der Waals surface area contributed by atoms with E-state index in [1.165, 1.54) is 0 Å². The molecule has 2 atom stereocenters. The lowest BCUT2D eigenvalue weighted by Crippen LogP contribution is -2.38. The number of carbonyl (C=O) groups excluding carboxylic acids is 1. The van der Waals surface area contributed by atoms with Crippen LogP contribution in [0.15, 0.2) is 0 Å². The van der Waals surface area contributed by atoms with Crippen molar-refractivity contribution in [2.24, 2.45) is 11.7 Å². The van der Waals surface area contributed by atoms with Crippen molar-refractivity contribution in [1.29, 1.82) is 0 Å². The highest BCUT2D eigenvalue weighted by atomic mass is 35.5. The molecule has 0 aromatic heterocycles. The van der Waals surface area contributed by atoms with Crippen molar-refractivity contribution in [2.75, 3.05) is 6.61 Å². The van der Waals surface area contributed by atoms with Crippen LogP contribution in [-0.4, -0.2) is 18.6 Å². The van der Waals surface area contributed by atoms with Gasteiger partial charge in [0.2, 0.25) is 0 Å². The van der Waals surface area contributed by atoms with Gasteiger partial charge in [-0.2, -0.15) is 0 Å². The lowest BCUT2D eigenvalue weighted by atomic mass is 9.85. The van der Waals surface area contributed by atoms with Gasteiger partial charge in [-0.15, -0.1) is 12.4 Å². The van der Waals surface area contributed by atoms with Crippen LogP contribution in [0, 0.1) is 5.92 Å². The van der Waals surface area contributed by atoms with E-state index < -0.39 is 0 Å². The normalized spacial score (nSPS) is 27.5. The zero-order valence-corrected chi connectivity index (χ0v) is 8.81. The van der Waals surface area contributed by atoms with E-state index in [1.807, 2.05) is 6.92 Å². The molecule has 0 heterocycles. The van der Waals surface area contributed by atoms with Crippen LogP contribution in [0.2, 0.25) is 0 Å². The number of esters is 1. The Kier molecular flexibility index (Phi) is 6.08. The van der Waals surface area contributed by atoms with E-state index in [4.69, 9.17) is 10.5 Å². The third-order valence-electron chi connectivity index (χ3n) is 2.41. The molecular formula is C9H18ClNO2. The highest BCUT2D eigenvalue weighted by Crippen LogP contribution is 2.23. The molecule has 0 bridgehead atoms. The minimum Gasteiger partial charge on any atom is -0.466 e. The predicted octanol–water partition coefficient (Wildman–Crippen LogP) is 1.49. The summed E-state index contributed by atoms with van der Waals surface area (Å²) >= 11 is 0. The smallest absolute Gasteiger partial charge is 0.310 e. The van der Waals surface area contributed by atoms with Crippen LogP contribution >= 0.6 is 12.4 Å². The minimum absolute atomic E-state index is 0. The van der Waals surface area contributed by atoms with Crippen molar-refractivity contribution in [3.63, 3.8) is 0 Å². The van der Waals surface area contributed by atoms with Crippen molar-refractivity contribution in [2.45, 2.75) is 38.6 Å². The first-order valence-corrected chi connectivity index (χ1v) is 4.68. The SMILES string of the molecule is CCOC(=O)[C@@H]1CCCC[C@H]1N.Cl. The third kappa shape index (κ3) is 3.53. The molecule has 0 radical (unpaired) electrons. The fraction of sp³-hybridized carbons (Fsp3) is 0.889. The molecule has 0 aromatic rings. The molecule has 1 aliphatic carbocycles. The van der Waals surface area contributed by atoms with Gasteiger partial charge >= 0.3 is 5.97 Å². The first-order chi connectivity index (χ1) is 5.75. The molecule has 0 amide bonds. The van der Waals surface area contributed by atoms with Crippen molar-refractivity contribution in [3.05, 3.63) is 0 Å². The van der Waals surface area contributed by atoms with Crippen LogP contribution in [-0.2, 0) is 9.53 Å². The second-order valence-corrected chi connectivity index (χ2v) is 3.31. The Balaban J connectivity index is 0.00000144. The Morgan fingerprint density at radius 2 is 2.08 bits per heavy atom. The number of hydrogen-bond acceptors (Lipinski definition) is 3. The van der Waals surface area contributed by atoms with Crippen LogP contribution in [0.4, 0.5) is 0 Å². The Bertz CT molecular complexity index is 164. The van der Waals surface area contributed by atoms with Crippen molar-refractivity contribution < 1.29 is 9.53 Å².